The van der Waals surface area contributed by atoms with Gasteiger partial charge in [-0.2, -0.15) is 0 Å². The van der Waals surface area contributed by atoms with Gasteiger partial charge >= 0.3 is 5.97 Å². The molecule has 0 saturated heterocycles. The molecular weight excluding hydrogens is 332 g/mol. The van der Waals surface area contributed by atoms with Crippen molar-refractivity contribution in [2.45, 2.75) is 64.9 Å². The van der Waals surface area contributed by atoms with Gasteiger partial charge < -0.3 is 31.9 Å². The number of aliphatic carboxylic acids is 1. The van der Waals surface area contributed by atoms with Gasteiger partial charge in [-0.05, 0) is 26.7 Å². The van der Waals surface area contributed by atoms with Crippen molar-refractivity contribution in [3.63, 3.8) is 0 Å². The first-order valence-corrected chi connectivity index (χ1v) is 7.96. The van der Waals surface area contributed by atoms with E-state index in [0.717, 1.165) is 0 Å². The Bertz CT molecular complexity index is 506. The molecule has 144 valence electrons. The summed E-state index contributed by atoms with van der Waals surface area (Å²) in [5.74, 6) is -3.66. The average Bonchev–Trinajstić information content (AvgIpc) is 2.48. The van der Waals surface area contributed by atoms with Crippen LogP contribution in [0.15, 0.2) is 0 Å². The van der Waals surface area contributed by atoms with E-state index in [4.69, 9.17) is 10.8 Å². The van der Waals surface area contributed by atoms with E-state index in [0.29, 0.717) is 0 Å². The van der Waals surface area contributed by atoms with E-state index in [-0.39, 0.29) is 5.92 Å². The molecule has 3 amide bonds. The van der Waals surface area contributed by atoms with Crippen LogP contribution >= 0.6 is 0 Å². The third kappa shape index (κ3) is 7.48. The highest BCUT2D eigenvalue weighted by Crippen LogP contribution is 2.05. The maximum Gasteiger partial charge on any atom is 0.325 e. The number of aliphatic hydroxyl groups is 1. The Balaban J connectivity index is 5.14. The number of carbonyl (C=O) groups is 4. The molecule has 25 heavy (non-hydrogen) atoms. The number of rotatable bonds is 9. The summed E-state index contributed by atoms with van der Waals surface area (Å²) in [6, 6.07) is -4.35. The highest BCUT2D eigenvalue weighted by molar-refractivity contribution is 5.94. The summed E-state index contributed by atoms with van der Waals surface area (Å²) < 4.78 is 0. The molecule has 0 spiro atoms. The Kier molecular flexibility index (Phi) is 9.07. The van der Waals surface area contributed by atoms with E-state index in [1.54, 1.807) is 13.8 Å². The van der Waals surface area contributed by atoms with Crippen molar-refractivity contribution >= 4 is 23.7 Å². The van der Waals surface area contributed by atoms with E-state index in [1.807, 2.05) is 0 Å². The highest BCUT2D eigenvalue weighted by Gasteiger charge is 2.32. The molecule has 0 aliphatic carbocycles. The molecule has 0 saturated carbocycles. The van der Waals surface area contributed by atoms with E-state index in [9.17, 15) is 24.3 Å². The maximum atomic E-state index is 12.4. The third-order valence-electron chi connectivity index (χ3n) is 3.45. The monoisotopic (exact) mass is 360 g/mol. The van der Waals surface area contributed by atoms with Crippen molar-refractivity contribution in [3.8, 4) is 0 Å². The molecule has 0 aromatic carbocycles. The molecule has 0 fully saturated rings. The molecule has 5 atom stereocenters. The van der Waals surface area contributed by atoms with Crippen LogP contribution in [0.1, 0.15) is 34.6 Å². The zero-order valence-electron chi connectivity index (χ0n) is 15.1. The molecule has 10 nitrogen and oxygen atoms in total. The Hall–Kier alpha value is -2.20. The Labute approximate surface area is 146 Å². The van der Waals surface area contributed by atoms with Crippen LogP contribution in [0.2, 0.25) is 0 Å². The number of amides is 3. The molecule has 10 heteroatoms. The fourth-order valence-corrected chi connectivity index (χ4v) is 1.83. The number of hydrogen-bond acceptors (Lipinski definition) is 6. The second-order valence-electron chi connectivity index (χ2n) is 6.31. The van der Waals surface area contributed by atoms with Crippen molar-refractivity contribution < 1.29 is 29.4 Å². The van der Waals surface area contributed by atoms with Gasteiger partial charge in [0.05, 0.1) is 12.1 Å². The summed E-state index contributed by atoms with van der Waals surface area (Å²) >= 11 is 0. The number of aliphatic hydroxyl groups excluding tert-OH is 1. The summed E-state index contributed by atoms with van der Waals surface area (Å²) in [4.78, 5) is 47.1. The van der Waals surface area contributed by atoms with Crippen LogP contribution in [0.3, 0.4) is 0 Å². The van der Waals surface area contributed by atoms with Gasteiger partial charge in [-0.1, -0.05) is 13.8 Å². The lowest BCUT2D eigenvalue weighted by molar-refractivity contribution is -0.142. The fourth-order valence-electron chi connectivity index (χ4n) is 1.83. The lowest BCUT2D eigenvalue weighted by Gasteiger charge is -2.27. The van der Waals surface area contributed by atoms with E-state index in [1.165, 1.54) is 20.8 Å². The first-order valence-electron chi connectivity index (χ1n) is 7.96. The molecular formula is C15H28N4O6. The first kappa shape index (κ1) is 22.8. The minimum absolute atomic E-state index is 0.358. The first-order chi connectivity index (χ1) is 11.4. The number of nitrogens with one attached hydrogen (secondary N) is 3. The van der Waals surface area contributed by atoms with Gasteiger partial charge in [0.15, 0.2) is 0 Å². The standard InChI is InChI=1S/C15H28N4O6/c1-6(2)10(13(22)17-8(4)15(24)25)18-14(23)11(9(5)20)19-12(21)7(3)16/h6-11,20H,16H2,1-5H3,(H,17,22)(H,18,23)(H,19,21)(H,24,25). The number of carboxylic acid groups (broad SMARTS) is 1. The second kappa shape index (κ2) is 9.94. The van der Waals surface area contributed by atoms with E-state index < -0.39 is 54.0 Å². The molecule has 0 heterocycles. The summed E-state index contributed by atoms with van der Waals surface area (Å²) in [5.41, 5.74) is 5.42. The van der Waals surface area contributed by atoms with Crippen LogP contribution in [0, 0.1) is 5.92 Å². The largest absolute Gasteiger partial charge is 0.480 e. The van der Waals surface area contributed by atoms with Crippen molar-refractivity contribution in [1.29, 1.82) is 0 Å². The Morgan fingerprint density at radius 2 is 1.24 bits per heavy atom. The van der Waals surface area contributed by atoms with Crippen LogP contribution in [-0.4, -0.2) is 64.2 Å². The highest BCUT2D eigenvalue weighted by atomic mass is 16.4. The summed E-state index contributed by atoms with van der Waals surface area (Å²) in [6.45, 7) is 7.34. The zero-order valence-corrected chi connectivity index (χ0v) is 15.1. The van der Waals surface area contributed by atoms with Gasteiger partial charge in [0.1, 0.15) is 18.1 Å². The third-order valence-corrected chi connectivity index (χ3v) is 3.45. The Morgan fingerprint density at radius 3 is 1.60 bits per heavy atom. The van der Waals surface area contributed by atoms with Crippen LogP contribution in [0.5, 0.6) is 0 Å². The zero-order chi connectivity index (χ0) is 19.9. The predicted molar refractivity (Wildman–Crippen MR) is 89.3 cm³/mol. The quantitative estimate of drug-likeness (QED) is 0.274. The van der Waals surface area contributed by atoms with E-state index >= 15 is 0 Å². The smallest absolute Gasteiger partial charge is 0.325 e. The van der Waals surface area contributed by atoms with Crippen LogP contribution in [-0.2, 0) is 19.2 Å². The molecule has 0 bridgehead atoms. The van der Waals surface area contributed by atoms with Gasteiger partial charge in [0, 0.05) is 0 Å². The van der Waals surface area contributed by atoms with E-state index in [2.05, 4.69) is 16.0 Å². The van der Waals surface area contributed by atoms with Crippen LogP contribution in [0.25, 0.3) is 0 Å². The molecule has 7 N–H and O–H groups in total. The topological polar surface area (TPSA) is 171 Å². The second-order valence-corrected chi connectivity index (χ2v) is 6.31. The Morgan fingerprint density at radius 1 is 0.800 bits per heavy atom. The summed E-state index contributed by atoms with van der Waals surface area (Å²) in [6.07, 6.45) is -1.23. The summed E-state index contributed by atoms with van der Waals surface area (Å²) in [5, 5.41) is 25.6. The molecule has 5 unspecified atom stereocenters. The maximum absolute atomic E-state index is 12.4. The molecule has 0 rings (SSSR count). The fraction of sp³-hybridized carbons (Fsp3) is 0.733. The SMILES string of the molecule is CC(N)C(=O)NC(C(=O)NC(C(=O)NC(C)C(=O)O)C(C)C)C(C)O. The number of hydrogen-bond donors (Lipinski definition) is 6. The molecule has 0 aromatic rings. The van der Waals surface area contributed by atoms with Gasteiger partial charge in [-0.15, -0.1) is 0 Å². The van der Waals surface area contributed by atoms with Gasteiger partial charge in [-0.3, -0.25) is 19.2 Å². The number of nitrogens with two attached hydrogens (primary N) is 1. The van der Waals surface area contributed by atoms with Crippen LogP contribution in [0.4, 0.5) is 0 Å². The lowest BCUT2D eigenvalue weighted by atomic mass is 10.0. The van der Waals surface area contributed by atoms with Crippen molar-refractivity contribution in [1.82, 2.24) is 16.0 Å². The minimum atomic E-state index is -1.30. The number of carboxylic acids is 1. The van der Waals surface area contributed by atoms with Crippen molar-refractivity contribution in [3.05, 3.63) is 0 Å². The van der Waals surface area contributed by atoms with Gasteiger partial charge in [0.25, 0.3) is 0 Å². The van der Waals surface area contributed by atoms with Gasteiger partial charge in [0.2, 0.25) is 17.7 Å². The lowest BCUT2D eigenvalue weighted by Crippen LogP contribution is -2.60. The summed E-state index contributed by atoms with van der Waals surface area (Å²) in [7, 11) is 0. The van der Waals surface area contributed by atoms with Crippen molar-refractivity contribution in [2.24, 2.45) is 11.7 Å². The van der Waals surface area contributed by atoms with Crippen LogP contribution < -0.4 is 21.7 Å². The molecule has 0 aliphatic heterocycles. The normalized spacial score (nSPS) is 17.0. The molecule has 0 aromatic heterocycles. The molecule has 0 radical (unpaired) electrons. The average molecular weight is 360 g/mol. The molecule has 0 aliphatic rings. The van der Waals surface area contributed by atoms with Gasteiger partial charge in [-0.25, -0.2) is 0 Å². The number of carbonyl (C=O) groups excluding carboxylic acids is 3. The minimum Gasteiger partial charge on any atom is -0.480 e. The predicted octanol–water partition coefficient (Wildman–Crippen LogP) is -2.07. The van der Waals surface area contributed by atoms with Crippen molar-refractivity contribution in [2.75, 3.05) is 0 Å².